The van der Waals surface area contributed by atoms with E-state index in [1.165, 1.54) is 5.56 Å². The van der Waals surface area contributed by atoms with E-state index in [-0.39, 0.29) is 5.92 Å². The lowest BCUT2D eigenvalue weighted by atomic mass is 9.80. The highest BCUT2D eigenvalue weighted by Gasteiger charge is 2.22. The molecule has 1 heteroatoms. The smallest absolute Gasteiger partial charge is 0.119 e. The minimum atomic E-state index is 0.261. The van der Waals surface area contributed by atoms with Crippen molar-refractivity contribution in [3.63, 3.8) is 0 Å². The Labute approximate surface area is 109 Å². The van der Waals surface area contributed by atoms with Gasteiger partial charge in [-0.25, -0.2) is 0 Å². The van der Waals surface area contributed by atoms with E-state index in [1.54, 1.807) is 6.07 Å². The van der Waals surface area contributed by atoms with Crippen LogP contribution < -0.4 is 0 Å². The molecule has 1 nitrogen and oxygen atoms in total. The van der Waals surface area contributed by atoms with E-state index in [2.05, 4.69) is 38.1 Å². The lowest BCUT2D eigenvalue weighted by Gasteiger charge is -2.24. The molecule has 0 aliphatic heterocycles. The van der Waals surface area contributed by atoms with Crippen molar-refractivity contribution >= 4 is 0 Å². The summed E-state index contributed by atoms with van der Waals surface area (Å²) in [7, 11) is 0. The third-order valence-electron chi connectivity index (χ3n) is 3.64. The molecule has 0 aliphatic rings. The highest BCUT2D eigenvalue weighted by Crippen LogP contribution is 2.37. The lowest BCUT2D eigenvalue weighted by Crippen LogP contribution is -2.11. The molecule has 2 aromatic rings. The van der Waals surface area contributed by atoms with Gasteiger partial charge in [0.25, 0.3) is 0 Å². The summed E-state index contributed by atoms with van der Waals surface area (Å²) in [6, 6.07) is 18.1. The molecule has 0 fully saturated rings. The molecule has 2 aromatic carbocycles. The van der Waals surface area contributed by atoms with E-state index >= 15 is 0 Å². The van der Waals surface area contributed by atoms with Crippen molar-refractivity contribution in [1.29, 1.82) is 0 Å². The Morgan fingerprint density at radius 3 is 2.17 bits per heavy atom. The normalized spacial score (nSPS) is 14.1. The van der Waals surface area contributed by atoms with Gasteiger partial charge in [-0.05, 0) is 17.5 Å². The number of aromatic hydroxyl groups is 1. The van der Waals surface area contributed by atoms with E-state index < -0.39 is 0 Å². The summed E-state index contributed by atoms with van der Waals surface area (Å²) in [5.41, 5.74) is 2.30. The van der Waals surface area contributed by atoms with Crippen LogP contribution >= 0.6 is 0 Å². The Kier molecular flexibility index (Phi) is 4.03. The molecule has 0 amide bonds. The number of phenols is 1. The first kappa shape index (κ1) is 12.7. The maximum absolute atomic E-state index is 10.1. The summed E-state index contributed by atoms with van der Waals surface area (Å²) in [5.74, 6) is 1.16. The minimum absolute atomic E-state index is 0.261. The predicted octanol–water partition coefficient (Wildman–Crippen LogP) is 4.57. The molecule has 0 spiro atoms. The van der Waals surface area contributed by atoms with E-state index in [4.69, 9.17) is 0 Å². The molecule has 18 heavy (non-hydrogen) atoms. The van der Waals surface area contributed by atoms with Gasteiger partial charge >= 0.3 is 0 Å². The molecule has 94 valence electrons. The van der Waals surface area contributed by atoms with Crippen molar-refractivity contribution in [2.45, 2.75) is 26.2 Å². The number of hydrogen-bond acceptors (Lipinski definition) is 1. The van der Waals surface area contributed by atoms with Crippen LogP contribution in [0.2, 0.25) is 0 Å². The van der Waals surface area contributed by atoms with Crippen LogP contribution in [0, 0.1) is 5.92 Å². The number of benzene rings is 2. The van der Waals surface area contributed by atoms with Gasteiger partial charge in [-0.1, -0.05) is 68.8 Å². The van der Waals surface area contributed by atoms with Gasteiger partial charge in [-0.15, -0.1) is 0 Å². The second kappa shape index (κ2) is 5.72. The highest BCUT2D eigenvalue weighted by molar-refractivity contribution is 5.41. The minimum Gasteiger partial charge on any atom is -0.508 e. The fraction of sp³-hybridized carbons (Fsp3) is 0.294. The van der Waals surface area contributed by atoms with Crippen LogP contribution in [0.3, 0.4) is 0 Å². The molecule has 2 rings (SSSR count). The van der Waals surface area contributed by atoms with Gasteiger partial charge in [0.05, 0.1) is 0 Å². The molecular formula is C17H20O. The third-order valence-corrected chi connectivity index (χ3v) is 3.64. The van der Waals surface area contributed by atoms with Crippen LogP contribution in [-0.2, 0) is 0 Å². The Bertz CT molecular complexity index is 490. The highest BCUT2D eigenvalue weighted by atomic mass is 16.3. The average Bonchev–Trinajstić information content (AvgIpc) is 2.42. The molecule has 0 saturated heterocycles. The standard InChI is InChI=1S/C17H20O/c1-3-13(2)17(14-9-5-4-6-10-14)15-11-7-8-12-16(15)18/h4-13,17-18H,3H2,1-2H3. The number of phenolic OH excluding ortho intramolecular Hbond substituents is 1. The van der Waals surface area contributed by atoms with E-state index in [0.29, 0.717) is 11.7 Å². The second-order valence-corrected chi connectivity index (χ2v) is 4.83. The van der Waals surface area contributed by atoms with Crippen molar-refractivity contribution in [1.82, 2.24) is 0 Å². The second-order valence-electron chi connectivity index (χ2n) is 4.83. The lowest BCUT2D eigenvalue weighted by molar-refractivity contribution is 0.439. The average molecular weight is 240 g/mol. The molecule has 0 aliphatic carbocycles. The zero-order valence-corrected chi connectivity index (χ0v) is 11.0. The third kappa shape index (κ3) is 2.56. The first-order valence-corrected chi connectivity index (χ1v) is 6.57. The zero-order valence-electron chi connectivity index (χ0n) is 11.0. The van der Waals surface area contributed by atoms with Gasteiger partial charge < -0.3 is 5.11 Å². The molecule has 1 N–H and O–H groups in total. The molecule has 0 saturated carbocycles. The molecular weight excluding hydrogens is 220 g/mol. The summed E-state index contributed by atoms with van der Waals surface area (Å²) in [6.45, 7) is 4.44. The SMILES string of the molecule is CCC(C)C(c1ccccc1)c1ccccc1O. The Hall–Kier alpha value is -1.76. The van der Waals surface area contributed by atoms with E-state index in [1.807, 2.05) is 24.3 Å². The Balaban J connectivity index is 2.47. The monoisotopic (exact) mass is 240 g/mol. The first-order chi connectivity index (χ1) is 8.74. The summed E-state index contributed by atoms with van der Waals surface area (Å²) < 4.78 is 0. The fourth-order valence-corrected chi connectivity index (χ4v) is 2.46. The molecule has 0 radical (unpaired) electrons. The van der Waals surface area contributed by atoms with E-state index in [9.17, 15) is 5.11 Å². The summed E-state index contributed by atoms with van der Waals surface area (Å²) in [6.07, 6.45) is 1.09. The van der Waals surface area contributed by atoms with Gasteiger partial charge in [0, 0.05) is 11.5 Å². The fourth-order valence-electron chi connectivity index (χ4n) is 2.46. The molecule has 2 unspecified atom stereocenters. The number of rotatable bonds is 4. The van der Waals surface area contributed by atoms with Crippen molar-refractivity contribution in [3.05, 3.63) is 65.7 Å². The predicted molar refractivity (Wildman–Crippen MR) is 75.8 cm³/mol. The van der Waals surface area contributed by atoms with Gasteiger partial charge in [0.2, 0.25) is 0 Å². The summed E-state index contributed by atoms with van der Waals surface area (Å²) in [4.78, 5) is 0. The van der Waals surface area contributed by atoms with Crippen LogP contribution in [-0.4, -0.2) is 5.11 Å². The molecule has 0 aromatic heterocycles. The van der Waals surface area contributed by atoms with Crippen LogP contribution in [0.1, 0.15) is 37.3 Å². The van der Waals surface area contributed by atoms with Crippen LogP contribution in [0.15, 0.2) is 54.6 Å². The van der Waals surface area contributed by atoms with Crippen LogP contribution in [0.4, 0.5) is 0 Å². The van der Waals surface area contributed by atoms with E-state index in [0.717, 1.165) is 12.0 Å². The van der Waals surface area contributed by atoms with Crippen LogP contribution in [0.5, 0.6) is 5.75 Å². The van der Waals surface area contributed by atoms with Crippen molar-refractivity contribution in [3.8, 4) is 5.75 Å². The largest absolute Gasteiger partial charge is 0.508 e. The Morgan fingerprint density at radius 2 is 1.56 bits per heavy atom. The van der Waals surface area contributed by atoms with Gasteiger partial charge in [0.1, 0.15) is 5.75 Å². The first-order valence-electron chi connectivity index (χ1n) is 6.57. The van der Waals surface area contributed by atoms with Crippen LogP contribution in [0.25, 0.3) is 0 Å². The molecule has 2 atom stereocenters. The van der Waals surface area contributed by atoms with Crippen molar-refractivity contribution in [2.24, 2.45) is 5.92 Å². The number of hydrogen-bond donors (Lipinski definition) is 1. The van der Waals surface area contributed by atoms with Crippen molar-refractivity contribution < 1.29 is 5.11 Å². The Morgan fingerprint density at radius 1 is 0.944 bits per heavy atom. The summed E-state index contributed by atoms with van der Waals surface area (Å²) in [5, 5.41) is 10.1. The van der Waals surface area contributed by atoms with Gasteiger partial charge in [-0.2, -0.15) is 0 Å². The van der Waals surface area contributed by atoms with Crippen molar-refractivity contribution in [2.75, 3.05) is 0 Å². The topological polar surface area (TPSA) is 20.2 Å². The maximum Gasteiger partial charge on any atom is 0.119 e. The number of para-hydroxylation sites is 1. The zero-order chi connectivity index (χ0) is 13.0. The maximum atomic E-state index is 10.1. The quantitative estimate of drug-likeness (QED) is 0.830. The summed E-state index contributed by atoms with van der Waals surface area (Å²) >= 11 is 0. The molecule has 0 heterocycles. The van der Waals surface area contributed by atoms with Gasteiger partial charge in [0.15, 0.2) is 0 Å². The van der Waals surface area contributed by atoms with Gasteiger partial charge in [-0.3, -0.25) is 0 Å². The molecule has 0 bridgehead atoms.